The molecule has 0 saturated heterocycles. The predicted octanol–water partition coefficient (Wildman–Crippen LogP) is 3.66. The monoisotopic (exact) mass is 427 g/mol. The molecule has 2 aromatic heterocycles. The van der Waals surface area contributed by atoms with Gasteiger partial charge in [-0.2, -0.15) is 0 Å². The highest BCUT2D eigenvalue weighted by Crippen LogP contribution is 2.45. The third-order valence-electron chi connectivity index (χ3n) is 5.49. The van der Waals surface area contributed by atoms with E-state index in [-0.39, 0.29) is 42.5 Å². The maximum Gasteiger partial charge on any atom is 0.251 e. The molecule has 1 aromatic carbocycles. The number of halogens is 3. The van der Waals surface area contributed by atoms with Crippen molar-refractivity contribution in [1.82, 2.24) is 20.3 Å². The van der Waals surface area contributed by atoms with Crippen LogP contribution in [-0.4, -0.2) is 40.6 Å². The molecule has 1 fully saturated rings. The van der Waals surface area contributed by atoms with E-state index in [9.17, 15) is 18.0 Å². The van der Waals surface area contributed by atoms with Crippen molar-refractivity contribution in [3.05, 3.63) is 71.8 Å². The maximum atomic E-state index is 14.3. The molecule has 1 aliphatic carbocycles. The van der Waals surface area contributed by atoms with Crippen molar-refractivity contribution in [3.63, 3.8) is 0 Å². The molecule has 0 spiro atoms. The molecule has 4 rings (SSSR count). The number of aromatic nitrogens is 3. The summed E-state index contributed by atoms with van der Waals surface area (Å²) in [7, 11) is 1.49. The lowest BCUT2D eigenvalue weighted by Crippen LogP contribution is -2.49. The number of hydrogen-bond donors (Lipinski definition) is 2. The molecule has 0 unspecified atom stereocenters. The Hall–Kier alpha value is -3.49. The van der Waals surface area contributed by atoms with E-state index in [1.54, 1.807) is 0 Å². The molecule has 0 bridgehead atoms. The molecule has 6 nitrogen and oxygen atoms in total. The lowest BCUT2D eigenvalue weighted by molar-refractivity contribution is 0.0958. The maximum absolute atomic E-state index is 14.3. The Labute approximate surface area is 177 Å². The number of nitrogens with one attached hydrogen (secondary N) is 2. The van der Waals surface area contributed by atoms with Crippen LogP contribution in [0.25, 0.3) is 11.1 Å². The largest absolute Gasteiger partial charge is 0.355 e. The fraction of sp³-hybridized carbons (Fsp3) is 0.273. The van der Waals surface area contributed by atoms with Crippen LogP contribution in [0, 0.1) is 11.6 Å². The first-order chi connectivity index (χ1) is 14.9. The zero-order chi connectivity index (χ0) is 22.0. The molecule has 1 saturated carbocycles. The standard InChI is InChI=1S/C22H20F3N5O/c1-26-20(31)13-4-5-17(24)16(7-13)14-10-28-21(29-11-14)30-12-22(8-15(23)9-22)19-18(25)3-2-6-27-19/h2-7,10-11,15H,8-9,12H2,1H3,(H,26,31)(H,28,29,30)/t15-,22-. The third kappa shape index (κ3) is 4.08. The second-order valence-corrected chi connectivity index (χ2v) is 7.54. The fourth-order valence-electron chi connectivity index (χ4n) is 3.82. The topological polar surface area (TPSA) is 79.8 Å². The van der Waals surface area contributed by atoms with E-state index in [0.717, 1.165) is 0 Å². The van der Waals surface area contributed by atoms with Gasteiger partial charge in [-0.1, -0.05) is 0 Å². The predicted molar refractivity (Wildman–Crippen MR) is 109 cm³/mol. The average Bonchev–Trinajstić information content (AvgIpc) is 2.76. The minimum Gasteiger partial charge on any atom is -0.355 e. The Balaban J connectivity index is 1.52. The number of amides is 1. The summed E-state index contributed by atoms with van der Waals surface area (Å²) >= 11 is 0. The van der Waals surface area contributed by atoms with Crippen LogP contribution in [0.1, 0.15) is 28.9 Å². The number of anilines is 1. The van der Waals surface area contributed by atoms with Crippen LogP contribution in [-0.2, 0) is 5.41 Å². The van der Waals surface area contributed by atoms with Crippen molar-refractivity contribution in [1.29, 1.82) is 0 Å². The Kier molecular flexibility index (Phi) is 5.58. The first-order valence-electron chi connectivity index (χ1n) is 9.75. The highest BCUT2D eigenvalue weighted by molar-refractivity contribution is 5.95. The fourth-order valence-corrected chi connectivity index (χ4v) is 3.82. The van der Waals surface area contributed by atoms with Crippen molar-refractivity contribution >= 4 is 11.9 Å². The lowest BCUT2D eigenvalue weighted by Gasteiger charge is -2.43. The van der Waals surface area contributed by atoms with Crippen LogP contribution < -0.4 is 10.6 Å². The summed E-state index contributed by atoms with van der Waals surface area (Å²) < 4.78 is 42.2. The number of pyridine rings is 1. The molecule has 0 atom stereocenters. The number of alkyl halides is 1. The van der Waals surface area contributed by atoms with Gasteiger partial charge in [-0.15, -0.1) is 0 Å². The van der Waals surface area contributed by atoms with Crippen molar-refractivity contribution in [3.8, 4) is 11.1 Å². The Bertz CT molecular complexity index is 1100. The quantitative estimate of drug-likeness (QED) is 0.628. The summed E-state index contributed by atoms with van der Waals surface area (Å²) in [5, 5.41) is 5.50. The Morgan fingerprint density at radius 1 is 1.13 bits per heavy atom. The number of benzene rings is 1. The van der Waals surface area contributed by atoms with Crippen molar-refractivity contribution in [2.45, 2.75) is 24.4 Å². The van der Waals surface area contributed by atoms with Gasteiger partial charge in [-0.25, -0.2) is 23.1 Å². The number of rotatable bonds is 6. The number of carbonyl (C=O) groups excluding carboxylic acids is 1. The zero-order valence-electron chi connectivity index (χ0n) is 16.7. The highest BCUT2D eigenvalue weighted by atomic mass is 19.1. The minimum absolute atomic E-state index is 0.156. The van der Waals surface area contributed by atoms with Gasteiger partial charge in [0.2, 0.25) is 5.95 Å². The second-order valence-electron chi connectivity index (χ2n) is 7.54. The number of nitrogens with zero attached hydrogens (tertiary/aromatic N) is 3. The van der Waals surface area contributed by atoms with Crippen LogP contribution in [0.4, 0.5) is 19.1 Å². The van der Waals surface area contributed by atoms with E-state index in [1.165, 1.54) is 56.0 Å². The zero-order valence-corrected chi connectivity index (χ0v) is 16.7. The van der Waals surface area contributed by atoms with E-state index in [0.29, 0.717) is 11.1 Å². The SMILES string of the molecule is CNC(=O)c1ccc(F)c(-c2cnc(NC[C@]3(c4ncccc4F)C[C@H](F)C3)nc2)c1. The molecule has 3 aromatic rings. The van der Waals surface area contributed by atoms with E-state index >= 15 is 0 Å². The van der Waals surface area contributed by atoms with Crippen LogP contribution in [0.2, 0.25) is 0 Å². The van der Waals surface area contributed by atoms with Gasteiger partial charge in [0.05, 0.1) is 5.69 Å². The van der Waals surface area contributed by atoms with Crippen LogP contribution in [0.15, 0.2) is 48.9 Å². The summed E-state index contributed by atoms with van der Waals surface area (Å²) in [6, 6.07) is 6.82. The molecular weight excluding hydrogens is 407 g/mol. The summed E-state index contributed by atoms with van der Waals surface area (Å²) in [6.45, 7) is 0.210. The van der Waals surface area contributed by atoms with Gasteiger partial charge in [-0.05, 0) is 43.2 Å². The molecule has 160 valence electrons. The van der Waals surface area contributed by atoms with Crippen molar-refractivity contribution < 1.29 is 18.0 Å². The lowest BCUT2D eigenvalue weighted by atomic mass is 9.65. The first-order valence-corrected chi connectivity index (χ1v) is 9.75. The molecular formula is C22H20F3N5O. The molecule has 2 heterocycles. The van der Waals surface area contributed by atoms with Gasteiger partial charge in [0, 0.05) is 54.3 Å². The molecule has 31 heavy (non-hydrogen) atoms. The third-order valence-corrected chi connectivity index (χ3v) is 5.49. The summed E-state index contributed by atoms with van der Waals surface area (Å²) in [4.78, 5) is 24.3. The molecule has 2 N–H and O–H groups in total. The van der Waals surface area contributed by atoms with E-state index < -0.39 is 23.2 Å². The number of hydrogen-bond acceptors (Lipinski definition) is 5. The molecule has 0 radical (unpaired) electrons. The second kappa shape index (κ2) is 8.33. The van der Waals surface area contributed by atoms with Gasteiger partial charge in [0.1, 0.15) is 17.8 Å². The van der Waals surface area contributed by atoms with Crippen LogP contribution in [0.5, 0.6) is 0 Å². The van der Waals surface area contributed by atoms with Crippen molar-refractivity contribution in [2.24, 2.45) is 0 Å². The van der Waals surface area contributed by atoms with Gasteiger partial charge in [0.25, 0.3) is 5.91 Å². The van der Waals surface area contributed by atoms with Gasteiger partial charge >= 0.3 is 0 Å². The van der Waals surface area contributed by atoms with Gasteiger partial charge < -0.3 is 10.6 Å². The molecule has 1 amide bonds. The van der Waals surface area contributed by atoms with Crippen LogP contribution >= 0.6 is 0 Å². The van der Waals surface area contributed by atoms with Gasteiger partial charge in [0.15, 0.2) is 0 Å². The summed E-state index contributed by atoms with van der Waals surface area (Å²) in [5.41, 5.74) is 0.346. The van der Waals surface area contributed by atoms with Crippen LogP contribution in [0.3, 0.4) is 0 Å². The highest BCUT2D eigenvalue weighted by Gasteiger charge is 2.48. The average molecular weight is 427 g/mol. The summed E-state index contributed by atoms with van der Waals surface area (Å²) in [6.07, 6.45) is 3.63. The Morgan fingerprint density at radius 3 is 2.52 bits per heavy atom. The normalized spacial score (nSPS) is 20.1. The molecule has 0 aliphatic heterocycles. The summed E-state index contributed by atoms with van der Waals surface area (Å²) in [5.74, 6) is -1.08. The van der Waals surface area contributed by atoms with Crippen molar-refractivity contribution in [2.75, 3.05) is 18.9 Å². The van der Waals surface area contributed by atoms with E-state index in [1.807, 2.05) is 0 Å². The number of carbonyl (C=O) groups is 1. The van der Waals surface area contributed by atoms with Gasteiger partial charge in [-0.3, -0.25) is 9.78 Å². The molecule has 1 aliphatic rings. The van der Waals surface area contributed by atoms with E-state index in [4.69, 9.17) is 0 Å². The first kappa shape index (κ1) is 20.8. The molecule has 9 heteroatoms. The Morgan fingerprint density at radius 2 is 1.87 bits per heavy atom. The smallest absolute Gasteiger partial charge is 0.251 e. The minimum atomic E-state index is -1.01. The van der Waals surface area contributed by atoms with E-state index in [2.05, 4.69) is 25.6 Å².